The fourth-order valence-corrected chi connectivity index (χ4v) is 3.67. The van der Waals surface area contributed by atoms with Crippen molar-refractivity contribution in [1.29, 1.82) is 0 Å². The van der Waals surface area contributed by atoms with Gasteiger partial charge in [-0.15, -0.1) is 11.3 Å². The van der Waals surface area contributed by atoms with E-state index in [1.807, 2.05) is 77.8 Å². The molecule has 0 saturated carbocycles. The van der Waals surface area contributed by atoms with Crippen LogP contribution >= 0.6 is 11.3 Å². The highest BCUT2D eigenvalue weighted by atomic mass is 32.1. The van der Waals surface area contributed by atoms with Crippen LogP contribution in [0.25, 0.3) is 11.3 Å². The molecule has 1 N–H and O–H groups in total. The third kappa shape index (κ3) is 4.67. The van der Waals surface area contributed by atoms with Gasteiger partial charge in [0.05, 0.1) is 18.3 Å². The third-order valence-corrected chi connectivity index (χ3v) is 5.25. The number of nitrogens with one attached hydrogen (secondary N) is 1. The van der Waals surface area contributed by atoms with Crippen LogP contribution in [-0.4, -0.2) is 21.9 Å². The van der Waals surface area contributed by atoms with Crippen molar-refractivity contribution < 1.29 is 4.79 Å². The lowest BCUT2D eigenvalue weighted by Crippen LogP contribution is -2.16. The van der Waals surface area contributed by atoms with Gasteiger partial charge in [-0.2, -0.15) is 10.2 Å². The number of hydrogen-bond acceptors (Lipinski definition) is 4. The van der Waals surface area contributed by atoms with E-state index in [4.69, 9.17) is 5.10 Å². The molecule has 0 aliphatic carbocycles. The van der Waals surface area contributed by atoms with Crippen LogP contribution in [-0.2, 0) is 6.54 Å². The molecule has 0 atom stereocenters. The fraction of sp³-hybridized carbons (Fsp3) is 0.0870. The molecule has 29 heavy (non-hydrogen) atoms. The van der Waals surface area contributed by atoms with Crippen molar-refractivity contribution >= 4 is 23.5 Å². The molecule has 1 amide bonds. The molecule has 0 aliphatic heterocycles. The van der Waals surface area contributed by atoms with Crippen LogP contribution in [0.3, 0.4) is 0 Å². The predicted molar refractivity (Wildman–Crippen MR) is 117 cm³/mol. The normalized spacial score (nSPS) is 11.1. The summed E-state index contributed by atoms with van der Waals surface area (Å²) in [7, 11) is 0. The quantitative estimate of drug-likeness (QED) is 0.376. The van der Waals surface area contributed by atoms with E-state index in [9.17, 15) is 4.79 Å². The van der Waals surface area contributed by atoms with Crippen molar-refractivity contribution in [1.82, 2.24) is 15.2 Å². The summed E-state index contributed by atoms with van der Waals surface area (Å²) in [5.41, 5.74) is 7.05. The molecule has 2 aromatic carbocycles. The fourth-order valence-electron chi connectivity index (χ4n) is 2.99. The molecular formula is C23H20N4OS. The minimum Gasteiger partial charge on any atom is -0.267 e. The average Bonchev–Trinajstić information content (AvgIpc) is 3.36. The van der Waals surface area contributed by atoms with Crippen molar-refractivity contribution in [2.75, 3.05) is 0 Å². The Hall–Kier alpha value is -3.51. The Morgan fingerprint density at radius 3 is 2.55 bits per heavy atom. The highest BCUT2D eigenvalue weighted by Crippen LogP contribution is 2.21. The van der Waals surface area contributed by atoms with E-state index in [0.29, 0.717) is 12.1 Å². The standard InChI is InChI=1S/C23H20N4OS/c1-17-12-20(16-29-17)23(28)25-24-13-21-15-27(14-18-8-4-2-5-9-18)26-22(21)19-10-6-3-7-11-19/h2-13,15-16H,14H2,1H3,(H,25,28)/b24-13-. The lowest BCUT2D eigenvalue weighted by atomic mass is 10.1. The predicted octanol–water partition coefficient (Wildman–Crippen LogP) is 4.73. The number of aromatic nitrogens is 2. The summed E-state index contributed by atoms with van der Waals surface area (Å²) in [5, 5.41) is 10.7. The summed E-state index contributed by atoms with van der Waals surface area (Å²) < 4.78 is 1.89. The topological polar surface area (TPSA) is 59.3 Å². The van der Waals surface area contributed by atoms with Gasteiger partial charge < -0.3 is 0 Å². The number of carbonyl (C=O) groups is 1. The van der Waals surface area contributed by atoms with E-state index >= 15 is 0 Å². The largest absolute Gasteiger partial charge is 0.272 e. The van der Waals surface area contributed by atoms with Gasteiger partial charge in [-0.3, -0.25) is 9.48 Å². The first-order valence-electron chi connectivity index (χ1n) is 9.24. The molecular weight excluding hydrogens is 380 g/mol. The van der Waals surface area contributed by atoms with Gasteiger partial charge in [-0.25, -0.2) is 5.43 Å². The van der Waals surface area contributed by atoms with Gasteiger partial charge >= 0.3 is 0 Å². The van der Waals surface area contributed by atoms with Crippen molar-refractivity contribution in [2.45, 2.75) is 13.5 Å². The monoisotopic (exact) mass is 400 g/mol. The lowest BCUT2D eigenvalue weighted by Gasteiger charge is -2.01. The lowest BCUT2D eigenvalue weighted by molar-refractivity contribution is 0.0955. The number of thiophene rings is 1. The Morgan fingerprint density at radius 2 is 1.86 bits per heavy atom. The van der Waals surface area contributed by atoms with E-state index < -0.39 is 0 Å². The summed E-state index contributed by atoms with van der Waals surface area (Å²) in [6.45, 7) is 2.63. The number of nitrogens with zero attached hydrogens (tertiary/aromatic N) is 3. The van der Waals surface area contributed by atoms with Crippen LogP contribution in [0.2, 0.25) is 0 Å². The van der Waals surface area contributed by atoms with Crippen molar-refractivity contribution in [3.05, 3.63) is 99.9 Å². The number of rotatable bonds is 6. The summed E-state index contributed by atoms with van der Waals surface area (Å²) in [6.07, 6.45) is 3.59. The zero-order chi connectivity index (χ0) is 20.1. The second-order valence-electron chi connectivity index (χ2n) is 6.63. The van der Waals surface area contributed by atoms with Gasteiger partial charge in [-0.05, 0) is 18.6 Å². The minimum atomic E-state index is -0.219. The number of amides is 1. The van der Waals surface area contributed by atoms with E-state index in [0.717, 1.165) is 21.7 Å². The van der Waals surface area contributed by atoms with Gasteiger partial charge in [0.25, 0.3) is 5.91 Å². The Kier molecular flexibility index (Phi) is 5.63. The molecule has 4 aromatic rings. The molecule has 0 saturated heterocycles. The summed E-state index contributed by atoms with van der Waals surface area (Å²) >= 11 is 1.54. The zero-order valence-electron chi connectivity index (χ0n) is 15.9. The van der Waals surface area contributed by atoms with Crippen LogP contribution in [0.5, 0.6) is 0 Å². The molecule has 4 rings (SSSR count). The SMILES string of the molecule is Cc1cc(C(=O)N/N=C\c2cn(Cc3ccccc3)nc2-c2ccccc2)cs1. The molecule has 2 aromatic heterocycles. The second kappa shape index (κ2) is 8.67. The minimum absolute atomic E-state index is 0.219. The van der Waals surface area contributed by atoms with Crippen LogP contribution in [0.4, 0.5) is 0 Å². The van der Waals surface area contributed by atoms with Crippen molar-refractivity contribution in [3.63, 3.8) is 0 Å². The molecule has 5 nitrogen and oxygen atoms in total. The van der Waals surface area contributed by atoms with Crippen LogP contribution < -0.4 is 5.43 Å². The number of benzene rings is 2. The molecule has 0 unspecified atom stereocenters. The highest BCUT2D eigenvalue weighted by molar-refractivity contribution is 7.10. The smallest absolute Gasteiger partial charge is 0.267 e. The maximum Gasteiger partial charge on any atom is 0.272 e. The van der Waals surface area contributed by atoms with Crippen LogP contribution in [0, 0.1) is 6.92 Å². The average molecular weight is 401 g/mol. The number of hydrogen-bond donors (Lipinski definition) is 1. The van der Waals surface area contributed by atoms with Crippen LogP contribution in [0.15, 0.2) is 83.4 Å². The molecule has 0 fully saturated rings. The molecule has 0 radical (unpaired) electrons. The Balaban J connectivity index is 1.57. The Labute approximate surface area is 173 Å². The van der Waals surface area contributed by atoms with Gasteiger partial charge in [0.2, 0.25) is 0 Å². The first kappa shape index (κ1) is 18.8. The maximum atomic E-state index is 12.2. The summed E-state index contributed by atoms with van der Waals surface area (Å²) in [6, 6.07) is 22.0. The molecule has 6 heteroatoms. The van der Waals surface area contributed by atoms with Crippen molar-refractivity contribution in [2.24, 2.45) is 5.10 Å². The van der Waals surface area contributed by atoms with Gasteiger partial charge in [0, 0.05) is 27.6 Å². The van der Waals surface area contributed by atoms with E-state index in [2.05, 4.69) is 22.7 Å². The summed E-state index contributed by atoms with van der Waals surface area (Å²) in [5.74, 6) is -0.219. The Morgan fingerprint density at radius 1 is 1.14 bits per heavy atom. The third-order valence-electron chi connectivity index (χ3n) is 4.39. The van der Waals surface area contributed by atoms with Gasteiger partial charge in [-0.1, -0.05) is 60.7 Å². The summed E-state index contributed by atoms with van der Waals surface area (Å²) in [4.78, 5) is 13.3. The second-order valence-corrected chi connectivity index (χ2v) is 7.74. The van der Waals surface area contributed by atoms with Crippen molar-refractivity contribution in [3.8, 4) is 11.3 Å². The number of hydrazone groups is 1. The maximum absolute atomic E-state index is 12.2. The Bertz CT molecular complexity index is 1130. The zero-order valence-corrected chi connectivity index (χ0v) is 16.8. The van der Waals surface area contributed by atoms with E-state index in [1.165, 1.54) is 5.56 Å². The molecule has 0 bridgehead atoms. The first-order chi connectivity index (χ1) is 14.2. The number of aryl methyl sites for hydroxylation is 1. The van der Waals surface area contributed by atoms with Gasteiger partial charge in [0.1, 0.15) is 5.69 Å². The molecule has 0 spiro atoms. The van der Waals surface area contributed by atoms with E-state index in [1.54, 1.807) is 17.6 Å². The van der Waals surface area contributed by atoms with E-state index in [-0.39, 0.29) is 5.91 Å². The molecule has 2 heterocycles. The number of carbonyl (C=O) groups excluding carboxylic acids is 1. The first-order valence-corrected chi connectivity index (χ1v) is 10.1. The molecule has 144 valence electrons. The highest BCUT2D eigenvalue weighted by Gasteiger charge is 2.11. The van der Waals surface area contributed by atoms with Gasteiger partial charge in [0.15, 0.2) is 0 Å². The van der Waals surface area contributed by atoms with Crippen LogP contribution in [0.1, 0.15) is 26.4 Å². The molecule has 0 aliphatic rings.